The van der Waals surface area contributed by atoms with Crippen molar-refractivity contribution in [2.24, 2.45) is 5.92 Å². The number of amides is 1. The second-order valence-corrected chi connectivity index (χ2v) is 11.3. The lowest BCUT2D eigenvalue weighted by Crippen LogP contribution is -2.38. The van der Waals surface area contributed by atoms with Crippen LogP contribution in [-0.4, -0.2) is 38.8 Å². The molecule has 0 saturated carbocycles. The third-order valence-electron chi connectivity index (χ3n) is 6.17. The van der Waals surface area contributed by atoms with E-state index in [1.807, 2.05) is 18.2 Å². The maximum atomic E-state index is 13.4. The van der Waals surface area contributed by atoms with E-state index in [0.717, 1.165) is 19.3 Å². The number of carbonyl (C=O) groups is 1. The van der Waals surface area contributed by atoms with E-state index < -0.39 is 15.9 Å². The molecule has 1 aliphatic rings. The Morgan fingerprint density at radius 1 is 1.03 bits per heavy atom. The highest BCUT2D eigenvalue weighted by molar-refractivity contribution is 7.89. The minimum atomic E-state index is -3.74. The van der Waals surface area contributed by atoms with Gasteiger partial charge in [-0.2, -0.15) is 4.31 Å². The molecule has 0 aliphatic carbocycles. The first-order chi connectivity index (χ1) is 16.8. The normalized spacial score (nSPS) is 15.1. The number of nitrogens with one attached hydrogen (secondary N) is 1. The number of methoxy groups -OCH3 is 1. The topological polar surface area (TPSA) is 75.7 Å². The Bertz CT molecular complexity index is 1310. The first-order valence-corrected chi connectivity index (χ1v) is 13.5. The molecule has 0 atom stereocenters. The highest BCUT2D eigenvalue weighted by atomic mass is 35.5. The number of piperidine rings is 1. The summed E-state index contributed by atoms with van der Waals surface area (Å²) < 4.78 is 33.6. The molecule has 0 radical (unpaired) electrons. The summed E-state index contributed by atoms with van der Waals surface area (Å²) in [7, 11) is -2.29. The maximum Gasteiger partial charge on any atom is 0.257 e. The van der Waals surface area contributed by atoms with Crippen molar-refractivity contribution in [3.8, 4) is 5.75 Å². The second kappa shape index (κ2) is 11.0. The minimum absolute atomic E-state index is 0.0947. The van der Waals surface area contributed by atoms with Crippen LogP contribution < -0.4 is 10.1 Å². The molecule has 1 N–H and O–H groups in total. The number of nitrogens with zero attached hydrogens (tertiary/aromatic N) is 1. The van der Waals surface area contributed by atoms with Crippen LogP contribution in [0.15, 0.2) is 71.6 Å². The molecule has 6 nitrogen and oxygen atoms in total. The zero-order chi connectivity index (χ0) is 25.0. The fourth-order valence-electron chi connectivity index (χ4n) is 4.26. The van der Waals surface area contributed by atoms with Crippen molar-refractivity contribution in [3.05, 3.63) is 87.9 Å². The molecule has 1 saturated heterocycles. The summed E-state index contributed by atoms with van der Waals surface area (Å²) in [4.78, 5) is 12.9. The molecule has 0 aromatic heterocycles. The average Bonchev–Trinajstić information content (AvgIpc) is 2.85. The van der Waals surface area contributed by atoms with Crippen LogP contribution in [0.5, 0.6) is 5.75 Å². The molecular weight excluding hydrogens is 507 g/mol. The highest BCUT2D eigenvalue weighted by Gasteiger charge is 2.30. The Morgan fingerprint density at radius 3 is 2.40 bits per heavy atom. The van der Waals surface area contributed by atoms with Gasteiger partial charge >= 0.3 is 0 Å². The molecule has 9 heteroatoms. The van der Waals surface area contributed by atoms with Crippen LogP contribution >= 0.6 is 23.2 Å². The molecule has 1 amide bonds. The summed E-state index contributed by atoms with van der Waals surface area (Å²) in [5, 5.41) is 3.31. The molecule has 0 spiro atoms. The number of anilines is 1. The number of carbonyl (C=O) groups excluding carboxylic acids is 1. The Balaban J connectivity index is 1.49. The van der Waals surface area contributed by atoms with E-state index in [4.69, 9.17) is 27.9 Å². The number of halogens is 2. The van der Waals surface area contributed by atoms with Gasteiger partial charge in [0.15, 0.2) is 0 Å². The predicted octanol–water partition coefficient (Wildman–Crippen LogP) is 5.90. The fraction of sp³-hybridized carbons (Fsp3) is 0.269. The third kappa shape index (κ3) is 5.98. The first-order valence-electron chi connectivity index (χ1n) is 11.3. The van der Waals surface area contributed by atoms with Crippen LogP contribution in [0.1, 0.15) is 28.8 Å². The van der Waals surface area contributed by atoms with E-state index >= 15 is 0 Å². The highest BCUT2D eigenvalue weighted by Crippen LogP contribution is 2.32. The monoisotopic (exact) mass is 532 g/mol. The number of hydrogen-bond acceptors (Lipinski definition) is 4. The molecule has 3 aromatic carbocycles. The Labute approximate surface area is 215 Å². The molecule has 1 fully saturated rings. The van der Waals surface area contributed by atoms with E-state index in [9.17, 15) is 13.2 Å². The Hall–Kier alpha value is -2.58. The van der Waals surface area contributed by atoms with E-state index in [1.54, 1.807) is 6.07 Å². The lowest BCUT2D eigenvalue weighted by Gasteiger charge is -2.31. The second-order valence-electron chi connectivity index (χ2n) is 8.48. The zero-order valence-electron chi connectivity index (χ0n) is 19.2. The molecule has 0 unspecified atom stereocenters. The molecule has 0 bridgehead atoms. The average molecular weight is 533 g/mol. The van der Waals surface area contributed by atoms with Crippen LogP contribution in [0, 0.1) is 5.92 Å². The van der Waals surface area contributed by atoms with Gasteiger partial charge in [-0.1, -0.05) is 53.5 Å². The molecule has 1 aliphatic heterocycles. The quantitative estimate of drug-likeness (QED) is 0.411. The van der Waals surface area contributed by atoms with Crippen molar-refractivity contribution < 1.29 is 17.9 Å². The fourth-order valence-corrected chi connectivity index (χ4v) is 6.25. The van der Waals surface area contributed by atoms with Crippen molar-refractivity contribution >= 4 is 44.8 Å². The van der Waals surface area contributed by atoms with Crippen LogP contribution in [0.2, 0.25) is 10.0 Å². The van der Waals surface area contributed by atoms with Crippen molar-refractivity contribution in [2.75, 3.05) is 25.5 Å². The van der Waals surface area contributed by atoms with Crippen LogP contribution in [0.25, 0.3) is 0 Å². The zero-order valence-corrected chi connectivity index (χ0v) is 21.5. The smallest absolute Gasteiger partial charge is 0.257 e. The van der Waals surface area contributed by atoms with Crippen molar-refractivity contribution in [1.82, 2.24) is 4.31 Å². The summed E-state index contributed by atoms with van der Waals surface area (Å²) in [6, 6.07) is 19.2. The number of ether oxygens (including phenoxy) is 1. The van der Waals surface area contributed by atoms with Gasteiger partial charge in [-0.05, 0) is 67.1 Å². The Morgan fingerprint density at radius 2 is 1.74 bits per heavy atom. The largest absolute Gasteiger partial charge is 0.495 e. The van der Waals surface area contributed by atoms with E-state index in [0.29, 0.717) is 29.8 Å². The summed E-state index contributed by atoms with van der Waals surface area (Å²) >= 11 is 12.1. The van der Waals surface area contributed by atoms with E-state index in [1.165, 1.54) is 47.3 Å². The van der Waals surface area contributed by atoms with Crippen LogP contribution in [0.4, 0.5) is 5.69 Å². The maximum absolute atomic E-state index is 13.4. The van der Waals surface area contributed by atoms with Crippen molar-refractivity contribution in [1.29, 1.82) is 0 Å². The SMILES string of the molecule is COc1ccc(S(=O)(=O)N2CCC(Cc3ccccc3)CC2)cc1NC(=O)c1ccc(Cl)cc1Cl. The summed E-state index contributed by atoms with van der Waals surface area (Å²) in [6.45, 7) is 0.905. The van der Waals surface area contributed by atoms with Crippen LogP contribution in [0.3, 0.4) is 0 Å². The van der Waals surface area contributed by atoms with Gasteiger partial charge in [0.25, 0.3) is 5.91 Å². The van der Waals surface area contributed by atoms with Gasteiger partial charge in [0.05, 0.1) is 28.3 Å². The molecule has 184 valence electrons. The summed E-state index contributed by atoms with van der Waals surface area (Å²) in [5.74, 6) is 0.281. The standard InChI is InChI=1S/C26H26Cl2N2O4S/c1-34-25-10-8-21(17-24(25)29-26(31)22-9-7-20(27)16-23(22)28)35(32,33)30-13-11-19(12-14-30)15-18-5-3-2-4-6-18/h2-10,16-17,19H,11-15H2,1H3,(H,29,31). The van der Waals surface area contributed by atoms with Gasteiger partial charge in [0.1, 0.15) is 5.75 Å². The van der Waals surface area contributed by atoms with Gasteiger partial charge in [-0.25, -0.2) is 8.42 Å². The lowest BCUT2D eigenvalue weighted by molar-refractivity contribution is 0.102. The van der Waals surface area contributed by atoms with Crippen molar-refractivity contribution in [3.63, 3.8) is 0 Å². The van der Waals surface area contributed by atoms with Gasteiger partial charge < -0.3 is 10.1 Å². The lowest BCUT2D eigenvalue weighted by atomic mass is 9.91. The van der Waals surface area contributed by atoms with Crippen LogP contribution in [-0.2, 0) is 16.4 Å². The number of hydrogen-bond donors (Lipinski definition) is 1. The van der Waals surface area contributed by atoms with E-state index in [-0.39, 0.29) is 21.2 Å². The van der Waals surface area contributed by atoms with Gasteiger partial charge in [0, 0.05) is 18.1 Å². The number of benzene rings is 3. The van der Waals surface area contributed by atoms with Crippen molar-refractivity contribution in [2.45, 2.75) is 24.2 Å². The van der Waals surface area contributed by atoms with Gasteiger partial charge in [-0.3, -0.25) is 4.79 Å². The minimum Gasteiger partial charge on any atom is -0.495 e. The Kier molecular flexibility index (Phi) is 8.02. The molecular formula is C26H26Cl2N2O4S. The third-order valence-corrected chi connectivity index (χ3v) is 8.62. The molecule has 4 rings (SSSR count). The van der Waals surface area contributed by atoms with E-state index in [2.05, 4.69) is 17.4 Å². The summed E-state index contributed by atoms with van der Waals surface area (Å²) in [5.41, 5.74) is 1.72. The molecule has 3 aromatic rings. The van der Waals surface area contributed by atoms with Gasteiger partial charge in [-0.15, -0.1) is 0 Å². The molecule has 1 heterocycles. The van der Waals surface area contributed by atoms with Gasteiger partial charge in [0.2, 0.25) is 10.0 Å². The molecule has 35 heavy (non-hydrogen) atoms. The first kappa shape index (κ1) is 25.5. The number of sulfonamides is 1. The predicted molar refractivity (Wildman–Crippen MR) is 139 cm³/mol. The summed E-state index contributed by atoms with van der Waals surface area (Å²) in [6.07, 6.45) is 2.53. The number of rotatable bonds is 7.